The van der Waals surface area contributed by atoms with Crippen LogP contribution in [0.4, 0.5) is 0 Å². The lowest BCUT2D eigenvalue weighted by atomic mass is 10.1. The van der Waals surface area contributed by atoms with Crippen LogP contribution in [0, 0.1) is 0 Å². The smallest absolute Gasteiger partial charge is 0.179 e. The number of hydrogen-bond acceptors (Lipinski definition) is 1. The molecule has 9 aromatic carbocycles. The molecule has 0 spiro atoms. The molecule has 12 rings (SSSR count). The van der Waals surface area contributed by atoms with Crippen molar-refractivity contribution in [3.8, 4) is 11.4 Å². The molecule has 0 unspecified atom stereocenters. The average molecular weight is 757 g/mol. The first-order chi connectivity index (χ1) is 28.8. The minimum Gasteiger partial charge on any atom is -0.456 e. The van der Waals surface area contributed by atoms with Crippen LogP contribution in [0.1, 0.15) is 0 Å². The van der Waals surface area contributed by atoms with Crippen LogP contribution in [-0.2, 0) is 0 Å². The second kappa shape index (κ2) is 12.8. The van der Waals surface area contributed by atoms with Crippen LogP contribution in [0.2, 0.25) is 0 Å². The van der Waals surface area contributed by atoms with Crippen molar-refractivity contribution in [2.75, 3.05) is 0 Å². The summed E-state index contributed by atoms with van der Waals surface area (Å²) in [6, 6.07) is 80.4. The quantitative estimate of drug-likeness (QED) is 0.122. The first kappa shape index (κ1) is 32.8. The molecule has 12 aromatic rings. The van der Waals surface area contributed by atoms with Crippen molar-refractivity contribution in [2.24, 2.45) is 0 Å². The maximum atomic E-state index is 6.37. The van der Waals surface area contributed by atoms with Gasteiger partial charge in [0.15, 0.2) is 8.07 Å². The van der Waals surface area contributed by atoms with Gasteiger partial charge in [-0.05, 0) is 81.4 Å². The van der Waals surface area contributed by atoms with Crippen molar-refractivity contribution < 1.29 is 4.42 Å². The summed E-state index contributed by atoms with van der Waals surface area (Å²) in [5.41, 5.74) is 8.89. The number of aromatic nitrogens is 2. The van der Waals surface area contributed by atoms with Crippen molar-refractivity contribution >= 4 is 94.4 Å². The molecule has 272 valence electrons. The molecule has 58 heavy (non-hydrogen) atoms. The van der Waals surface area contributed by atoms with Gasteiger partial charge in [-0.2, -0.15) is 0 Å². The molecule has 4 heteroatoms. The number of hydrogen-bond donors (Lipinski definition) is 0. The summed E-state index contributed by atoms with van der Waals surface area (Å²) in [4.78, 5) is 0. The van der Waals surface area contributed by atoms with Crippen LogP contribution in [0.15, 0.2) is 223 Å². The van der Waals surface area contributed by atoms with Gasteiger partial charge in [0.05, 0.1) is 22.1 Å². The first-order valence-corrected chi connectivity index (χ1v) is 21.9. The van der Waals surface area contributed by atoms with Gasteiger partial charge in [-0.25, -0.2) is 0 Å². The summed E-state index contributed by atoms with van der Waals surface area (Å²) < 4.78 is 11.2. The van der Waals surface area contributed by atoms with Gasteiger partial charge >= 0.3 is 0 Å². The van der Waals surface area contributed by atoms with Crippen LogP contribution in [0.3, 0.4) is 0 Å². The molecule has 0 radical (unpaired) electrons. The molecule has 0 aliphatic carbocycles. The topological polar surface area (TPSA) is 23.0 Å². The zero-order valence-corrected chi connectivity index (χ0v) is 32.6. The zero-order chi connectivity index (χ0) is 38.2. The SMILES string of the molecule is c1ccc([Si](c2ccccc2)(c2ccc(-n3c4ccccc4c4cc5oc6ccccc6c5cc43)cc2)c2cccc(-n3c4ccccc4c4ccccc43)c2)cc1. The van der Waals surface area contributed by atoms with Crippen molar-refractivity contribution in [3.63, 3.8) is 0 Å². The number of benzene rings is 9. The molecule has 0 aliphatic rings. The van der Waals surface area contributed by atoms with E-state index in [1.165, 1.54) is 70.0 Å². The number of para-hydroxylation sites is 4. The van der Waals surface area contributed by atoms with Gasteiger partial charge in [-0.3, -0.25) is 0 Å². The standard InChI is InChI=1S/C54H36N2OSi/c1-3-17-39(18-4-1)58(40-19-5-2-6-20-40,42-21-15-16-38(34-42)56-49-26-11-7-22-43(49)44-23-8-12-27-50(44)56)41-32-30-37(31-33-41)55-51-28-13-9-24-45(51)47-36-54-48(35-52(47)55)46-25-10-14-29-53(46)57-54/h1-36H. The Balaban J connectivity index is 1.10. The molecule has 0 bridgehead atoms. The highest BCUT2D eigenvalue weighted by atomic mass is 28.3. The minimum atomic E-state index is -2.89. The summed E-state index contributed by atoms with van der Waals surface area (Å²) in [7, 11) is -2.89. The third kappa shape index (κ3) is 4.73. The van der Waals surface area contributed by atoms with Gasteiger partial charge < -0.3 is 13.6 Å². The summed E-state index contributed by atoms with van der Waals surface area (Å²) in [5.74, 6) is 0. The highest BCUT2D eigenvalue weighted by Gasteiger charge is 2.41. The summed E-state index contributed by atoms with van der Waals surface area (Å²) in [5, 5.41) is 12.6. The van der Waals surface area contributed by atoms with E-state index in [4.69, 9.17) is 4.42 Å². The predicted molar refractivity (Wildman–Crippen MR) is 246 cm³/mol. The third-order valence-corrected chi connectivity index (χ3v) is 17.0. The molecule has 0 saturated carbocycles. The Bertz CT molecular complexity index is 3410. The van der Waals surface area contributed by atoms with Gasteiger partial charge in [0, 0.05) is 43.7 Å². The number of fused-ring (bicyclic) bond motifs is 9. The van der Waals surface area contributed by atoms with E-state index in [0.717, 1.165) is 27.6 Å². The summed E-state index contributed by atoms with van der Waals surface area (Å²) in [6.45, 7) is 0. The Hall–Kier alpha value is -7.40. The number of nitrogens with zero attached hydrogens (tertiary/aromatic N) is 2. The summed E-state index contributed by atoms with van der Waals surface area (Å²) >= 11 is 0. The normalized spacial score (nSPS) is 12.1. The summed E-state index contributed by atoms with van der Waals surface area (Å²) in [6.07, 6.45) is 0. The maximum absolute atomic E-state index is 6.37. The van der Waals surface area contributed by atoms with Crippen LogP contribution in [-0.4, -0.2) is 17.2 Å². The lowest BCUT2D eigenvalue weighted by Gasteiger charge is -2.35. The van der Waals surface area contributed by atoms with E-state index in [9.17, 15) is 0 Å². The van der Waals surface area contributed by atoms with Crippen LogP contribution < -0.4 is 20.7 Å². The van der Waals surface area contributed by atoms with Gasteiger partial charge in [0.25, 0.3) is 0 Å². The molecule has 3 heterocycles. The molecule has 0 atom stereocenters. The van der Waals surface area contributed by atoms with Gasteiger partial charge in [-0.15, -0.1) is 0 Å². The second-order valence-electron chi connectivity index (χ2n) is 15.3. The van der Waals surface area contributed by atoms with Crippen LogP contribution in [0.5, 0.6) is 0 Å². The van der Waals surface area contributed by atoms with Gasteiger partial charge in [0.1, 0.15) is 11.2 Å². The molecule has 0 N–H and O–H groups in total. The zero-order valence-electron chi connectivity index (χ0n) is 31.6. The highest BCUT2D eigenvalue weighted by Crippen LogP contribution is 2.38. The first-order valence-electron chi connectivity index (χ1n) is 19.9. The lowest BCUT2D eigenvalue weighted by molar-refractivity contribution is 0.669. The molecular weight excluding hydrogens is 721 g/mol. The Morgan fingerprint density at radius 2 is 0.759 bits per heavy atom. The fraction of sp³-hybridized carbons (Fsp3) is 0. The Labute approximate surface area is 336 Å². The fourth-order valence-corrected chi connectivity index (χ4v) is 14.5. The van der Waals surface area contributed by atoms with E-state index in [1.54, 1.807) is 0 Å². The Morgan fingerprint density at radius 1 is 0.276 bits per heavy atom. The largest absolute Gasteiger partial charge is 0.456 e. The van der Waals surface area contributed by atoms with E-state index in [-0.39, 0.29) is 0 Å². The van der Waals surface area contributed by atoms with Crippen molar-refractivity contribution in [3.05, 3.63) is 218 Å². The number of furan rings is 1. The minimum absolute atomic E-state index is 0.913. The van der Waals surface area contributed by atoms with Gasteiger partial charge in [-0.1, -0.05) is 158 Å². The molecule has 3 aromatic heterocycles. The third-order valence-electron chi connectivity index (χ3n) is 12.3. The van der Waals surface area contributed by atoms with Crippen molar-refractivity contribution in [1.29, 1.82) is 0 Å². The molecular formula is C54H36N2OSi. The molecule has 0 saturated heterocycles. The van der Waals surface area contributed by atoms with Crippen LogP contribution >= 0.6 is 0 Å². The van der Waals surface area contributed by atoms with E-state index in [0.29, 0.717) is 0 Å². The second-order valence-corrected chi connectivity index (χ2v) is 19.1. The van der Waals surface area contributed by atoms with E-state index < -0.39 is 8.07 Å². The van der Waals surface area contributed by atoms with Crippen molar-refractivity contribution in [1.82, 2.24) is 9.13 Å². The molecule has 0 amide bonds. The monoisotopic (exact) mass is 756 g/mol. The van der Waals surface area contributed by atoms with Crippen LogP contribution in [0.25, 0.3) is 76.9 Å². The number of rotatable bonds is 6. The Kier molecular flexibility index (Phi) is 7.25. The van der Waals surface area contributed by atoms with Gasteiger partial charge in [0.2, 0.25) is 0 Å². The van der Waals surface area contributed by atoms with E-state index in [2.05, 4.69) is 221 Å². The van der Waals surface area contributed by atoms with E-state index >= 15 is 0 Å². The Morgan fingerprint density at radius 3 is 1.38 bits per heavy atom. The predicted octanol–water partition coefficient (Wildman–Crippen LogP) is 11.2. The average Bonchev–Trinajstić information content (AvgIpc) is 3.94. The molecule has 0 aliphatic heterocycles. The molecule has 3 nitrogen and oxygen atoms in total. The highest BCUT2D eigenvalue weighted by molar-refractivity contribution is 7.19. The fourth-order valence-electron chi connectivity index (χ4n) is 9.78. The van der Waals surface area contributed by atoms with Crippen molar-refractivity contribution in [2.45, 2.75) is 0 Å². The maximum Gasteiger partial charge on any atom is 0.179 e. The lowest BCUT2D eigenvalue weighted by Crippen LogP contribution is -2.74. The molecule has 0 fully saturated rings. The van der Waals surface area contributed by atoms with E-state index in [1.807, 2.05) is 6.07 Å².